The summed E-state index contributed by atoms with van der Waals surface area (Å²) in [5.41, 5.74) is 1.34. The Hall–Kier alpha value is -1.83. The summed E-state index contributed by atoms with van der Waals surface area (Å²) in [5, 5.41) is 1.61. The summed E-state index contributed by atoms with van der Waals surface area (Å²) in [6.45, 7) is 2.10. The topological polar surface area (TPSA) is 9.23 Å². The third kappa shape index (κ3) is 2.87. The van der Waals surface area contributed by atoms with E-state index in [0.29, 0.717) is 17.1 Å². The van der Waals surface area contributed by atoms with Gasteiger partial charge in [-0.1, -0.05) is 36.4 Å². The number of rotatable bonds is 3. The Kier molecular flexibility index (Phi) is 4.47. The van der Waals surface area contributed by atoms with Crippen molar-refractivity contribution in [1.82, 2.24) is 0 Å². The number of ether oxygens (including phenoxy) is 1. The van der Waals surface area contributed by atoms with Gasteiger partial charge in [-0.15, -0.1) is 0 Å². The quantitative estimate of drug-likeness (QED) is 0.647. The van der Waals surface area contributed by atoms with Crippen LogP contribution in [0, 0.1) is 11.7 Å². The number of benzene rings is 2. The van der Waals surface area contributed by atoms with Gasteiger partial charge in [0.25, 0.3) is 0 Å². The molecule has 1 aliphatic rings. The van der Waals surface area contributed by atoms with Crippen molar-refractivity contribution in [3.63, 3.8) is 0 Å². The molecule has 1 saturated carbocycles. The van der Waals surface area contributed by atoms with Gasteiger partial charge >= 0.3 is 0 Å². The van der Waals surface area contributed by atoms with Gasteiger partial charge in [0.1, 0.15) is 0 Å². The molecule has 22 heavy (non-hydrogen) atoms. The molecule has 0 heterocycles. The Morgan fingerprint density at radius 2 is 1.86 bits per heavy atom. The van der Waals surface area contributed by atoms with Crippen molar-refractivity contribution in [2.45, 2.75) is 38.5 Å². The van der Waals surface area contributed by atoms with Crippen LogP contribution in [0.1, 0.15) is 44.1 Å². The van der Waals surface area contributed by atoms with E-state index in [1.165, 1.54) is 38.4 Å². The first-order chi connectivity index (χ1) is 10.7. The van der Waals surface area contributed by atoms with E-state index >= 15 is 0 Å². The normalized spacial score (nSPS) is 22.3. The van der Waals surface area contributed by atoms with Crippen molar-refractivity contribution in [3.05, 3.63) is 53.9 Å². The van der Waals surface area contributed by atoms with Gasteiger partial charge in [0.05, 0.1) is 7.11 Å². The van der Waals surface area contributed by atoms with E-state index in [1.807, 2.05) is 12.1 Å². The lowest BCUT2D eigenvalue weighted by Gasteiger charge is -2.27. The Bertz CT molecular complexity index is 681. The summed E-state index contributed by atoms with van der Waals surface area (Å²) in [7, 11) is 1.50. The molecule has 116 valence electrons. The lowest BCUT2D eigenvalue weighted by Crippen LogP contribution is -2.11. The predicted octanol–water partition coefficient (Wildman–Crippen LogP) is 5.84. The molecule has 2 heteroatoms. The van der Waals surface area contributed by atoms with Crippen molar-refractivity contribution in [2.75, 3.05) is 7.11 Å². The second-order valence-electron chi connectivity index (χ2n) is 6.20. The van der Waals surface area contributed by atoms with E-state index < -0.39 is 0 Å². The zero-order valence-corrected chi connectivity index (χ0v) is 13.3. The minimum atomic E-state index is -0.261. The van der Waals surface area contributed by atoms with Crippen LogP contribution < -0.4 is 4.74 Å². The van der Waals surface area contributed by atoms with Crippen LogP contribution in [0.5, 0.6) is 5.75 Å². The average molecular weight is 298 g/mol. The monoisotopic (exact) mass is 298 g/mol. The molecule has 0 amide bonds. The van der Waals surface area contributed by atoms with Crippen molar-refractivity contribution in [2.24, 2.45) is 5.92 Å². The zero-order valence-electron chi connectivity index (χ0n) is 13.3. The first-order valence-corrected chi connectivity index (χ1v) is 8.12. The lowest BCUT2D eigenvalue weighted by atomic mass is 9.78. The van der Waals surface area contributed by atoms with Crippen LogP contribution in [0.4, 0.5) is 4.39 Å². The van der Waals surface area contributed by atoms with Crippen LogP contribution in [-0.4, -0.2) is 7.11 Å². The number of hydrogen-bond donors (Lipinski definition) is 0. The van der Waals surface area contributed by atoms with E-state index in [2.05, 4.69) is 31.2 Å². The molecule has 2 aromatic rings. The third-order valence-electron chi connectivity index (χ3n) is 4.87. The number of fused-ring (bicyclic) bond motifs is 1. The lowest BCUT2D eigenvalue weighted by molar-refractivity contribution is 0.376. The molecule has 0 unspecified atom stereocenters. The maximum Gasteiger partial charge on any atom is 0.172 e. The second-order valence-corrected chi connectivity index (χ2v) is 6.20. The van der Waals surface area contributed by atoms with E-state index in [4.69, 9.17) is 4.74 Å². The number of halogens is 1. The molecule has 0 bridgehead atoms. The van der Waals surface area contributed by atoms with Crippen LogP contribution in [0.15, 0.2) is 42.5 Å². The van der Waals surface area contributed by atoms with Crippen molar-refractivity contribution < 1.29 is 9.13 Å². The van der Waals surface area contributed by atoms with Gasteiger partial charge < -0.3 is 4.74 Å². The molecular formula is C20H23FO. The Morgan fingerprint density at radius 1 is 1.09 bits per heavy atom. The molecule has 2 aromatic carbocycles. The molecule has 0 N–H and O–H groups in total. The van der Waals surface area contributed by atoms with Gasteiger partial charge in [0.15, 0.2) is 11.6 Å². The highest BCUT2D eigenvalue weighted by atomic mass is 19.1. The molecule has 0 aliphatic heterocycles. The smallest absolute Gasteiger partial charge is 0.172 e. The summed E-state index contributed by atoms with van der Waals surface area (Å²) in [5.74, 6) is 1.40. The third-order valence-corrected chi connectivity index (χ3v) is 4.87. The number of hydrogen-bond acceptors (Lipinski definition) is 1. The highest BCUT2D eigenvalue weighted by molar-refractivity contribution is 5.85. The minimum absolute atomic E-state index is 0.261. The largest absolute Gasteiger partial charge is 0.494 e. The van der Waals surface area contributed by atoms with Crippen LogP contribution in [0.2, 0.25) is 0 Å². The molecule has 1 nitrogen and oxygen atoms in total. The summed E-state index contributed by atoms with van der Waals surface area (Å²) >= 11 is 0. The average Bonchev–Trinajstić information content (AvgIpc) is 2.56. The SMILES string of the molecule is C/C=C/C1CCC(c2ccc3c(F)c(OC)ccc3c2)CC1. The first-order valence-electron chi connectivity index (χ1n) is 8.12. The Morgan fingerprint density at radius 3 is 2.55 bits per heavy atom. The van der Waals surface area contributed by atoms with E-state index in [9.17, 15) is 4.39 Å². The van der Waals surface area contributed by atoms with Crippen molar-refractivity contribution >= 4 is 10.8 Å². The van der Waals surface area contributed by atoms with Gasteiger partial charge in [0, 0.05) is 5.39 Å². The fraction of sp³-hybridized carbons (Fsp3) is 0.400. The molecule has 0 atom stereocenters. The maximum absolute atomic E-state index is 14.2. The van der Waals surface area contributed by atoms with E-state index in [-0.39, 0.29) is 5.82 Å². The molecule has 0 aromatic heterocycles. The summed E-state index contributed by atoms with van der Waals surface area (Å²) in [6, 6.07) is 9.81. The minimum Gasteiger partial charge on any atom is -0.494 e. The Labute approximate surface area is 131 Å². The Balaban J connectivity index is 1.84. The van der Waals surface area contributed by atoms with Crippen LogP contribution in [-0.2, 0) is 0 Å². The summed E-state index contributed by atoms with van der Waals surface area (Å²) in [6.07, 6.45) is 9.45. The van der Waals surface area contributed by atoms with Gasteiger partial charge in [-0.2, -0.15) is 0 Å². The van der Waals surface area contributed by atoms with Crippen molar-refractivity contribution in [1.29, 1.82) is 0 Å². The fourth-order valence-electron chi connectivity index (χ4n) is 3.62. The van der Waals surface area contributed by atoms with Gasteiger partial charge in [-0.3, -0.25) is 0 Å². The molecule has 3 rings (SSSR count). The standard InChI is InChI=1S/C20H23FO/c1-3-4-14-5-7-15(8-6-14)16-9-11-18-17(13-16)10-12-19(22-2)20(18)21/h3-4,9-15H,5-8H2,1-2H3/b4-3+. The summed E-state index contributed by atoms with van der Waals surface area (Å²) in [4.78, 5) is 0. The van der Waals surface area contributed by atoms with Crippen LogP contribution >= 0.6 is 0 Å². The molecule has 1 fully saturated rings. The van der Waals surface area contributed by atoms with Crippen LogP contribution in [0.25, 0.3) is 10.8 Å². The second kappa shape index (κ2) is 6.51. The molecule has 0 saturated heterocycles. The molecular weight excluding hydrogens is 275 g/mol. The summed E-state index contributed by atoms with van der Waals surface area (Å²) < 4.78 is 19.3. The maximum atomic E-state index is 14.2. The first kappa shape index (κ1) is 15.1. The van der Waals surface area contributed by atoms with Crippen LogP contribution in [0.3, 0.4) is 0 Å². The van der Waals surface area contributed by atoms with Gasteiger partial charge in [-0.25, -0.2) is 4.39 Å². The molecule has 0 spiro atoms. The zero-order chi connectivity index (χ0) is 15.5. The molecule has 0 radical (unpaired) electrons. The van der Waals surface area contributed by atoms with E-state index in [1.54, 1.807) is 6.07 Å². The van der Waals surface area contributed by atoms with Gasteiger partial charge in [0.2, 0.25) is 0 Å². The highest BCUT2D eigenvalue weighted by Crippen LogP contribution is 2.38. The highest BCUT2D eigenvalue weighted by Gasteiger charge is 2.21. The number of allylic oxidation sites excluding steroid dienone is 2. The molecule has 1 aliphatic carbocycles. The van der Waals surface area contributed by atoms with Crippen molar-refractivity contribution in [3.8, 4) is 5.75 Å². The van der Waals surface area contributed by atoms with Gasteiger partial charge in [-0.05, 0) is 61.5 Å². The predicted molar refractivity (Wildman–Crippen MR) is 90.0 cm³/mol. The number of methoxy groups -OCH3 is 1. The van der Waals surface area contributed by atoms with E-state index in [0.717, 1.165) is 11.3 Å². The fourth-order valence-corrected chi connectivity index (χ4v) is 3.62.